The molecule has 0 amide bonds. The topological polar surface area (TPSA) is 55.8 Å². The van der Waals surface area contributed by atoms with Crippen LogP contribution in [0.5, 0.6) is 5.75 Å². The van der Waals surface area contributed by atoms with Gasteiger partial charge in [-0.2, -0.15) is 0 Å². The minimum Gasteiger partial charge on any atom is -0.475 e. The summed E-state index contributed by atoms with van der Waals surface area (Å²) in [6, 6.07) is 7.17. The van der Waals surface area contributed by atoms with Gasteiger partial charge in [0.2, 0.25) is 6.10 Å². The molecule has 1 aliphatic heterocycles. The van der Waals surface area contributed by atoms with Crippen LogP contribution in [0.1, 0.15) is 26.3 Å². The number of hydrogen-bond acceptors (Lipinski definition) is 4. The second-order valence-electron chi connectivity index (χ2n) is 4.73. The van der Waals surface area contributed by atoms with E-state index in [0.29, 0.717) is 11.3 Å². The number of carbonyl (C=O) groups excluding carboxylic acids is 1. The molecule has 0 fully saturated rings. The number of para-hydroxylation sites is 1. The van der Waals surface area contributed by atoms with Crippen molar-refractivity contribution in [1.82, 2.24) is 0 Å². The second-order valence-corrected chi connectivity index (χ2v) is 4.73. The van der Waals surface area contributed by atoms with E-state index in [1.54, 1.807) is 19.1 Å². The maximum Gasteiger partial charge on any atom is 0.350 e. The Hall–Kier alpha value is -1.55. The van der Waals surface area contributed by atoms with Crippen LogP contribution >= 0.6 is 0 Å². The maximum absolute atomic E-state index is 11.9. The molecule has 4 nitrogen and oxygen atoms in total. The number of aliphatic hydroxyl groups is 1. The van der Waals surface area contributed by atoms with Gasteiger partial charge in [0.25, 0.3) is 0 Å². The van der Waals surface area contributed by atoms with Crippen molar-refractivity contribution in [2.45, 2.75) is 32.5 Å². The standard InChI is InChI=1S/C14H18O4/c1-4-17-13(15)12-14(16,9(2)3)10-7-5-6-8-11(10)18-12/h5-9,12,16H,4H2,1-3H3/t12-,14-/m0/s1. The first kappa shape index (κ1) is 12.9. The van der Waals surface area contributed by atoms with Crippen LogP contribution in [-0.2, 0) is 15.1 Å². The number of esters is 1. The molecule has 0 spiro atoms. The molecular formula is C14H18O4. The first-order chi connectivity index (χ1) is 8.51. The van der Waals surface area contributed by atoms with E-state index in [9.17, 15) is 9.90 Å². The van der Waals surface area contributed by atoms with Gasteiger partial charge >= 0.3 is 5.97 Å². The van der Waals surface area contributed by atoms with Gasteiger partial charge in [-0.15, -0.1) is 0 Å². The summed E-state index contributed by atoms with van der Waals surface area (Å²) in [5.74, 6) is -0.132. The molecule has 1 aliphatic rings. The smallest absolute Gasteiger partial charge is 0.350 e. The van der Waals surface area contributed by atoms with E-state index >= 15 is 0 Å². The van der Waals surface area contributed by atoms with Crippen molar-refractivity contribution in [1.29, 1.82) is 0 Å². The van der Waals surface area contributed by atoms with Crippen molar-refractivity contribution in [3.63, 3.8) is 0 Å². The molecule has 0 aliphatic carbocycles. The van der Waals surface area contributed by atoms with E-state index < -0.39 is 17.7 Å². The van der Waals surface area contributed by atoms with Crippen molar-refractivity contribution < 1.29 is 19.4 Å². The Kier molecular flexibility index (Phi) is 3.30. The monoisotopic (exact) mass is 250 g/mol. The summed E-state index contributed by atoms with van der Waals surface area (Å²) in [6.45, 7) is 5.72. The molecule has 0 saturated heterocycles. The Morgan fingerprint density at radius 1 is 1.50 bits per heavy atom. The van der Waals surface area contributed by atoms with E-state index in [-0.39, 0.29) is 12.5 Å². The Labute approximate surface area is 107 Å². The molecule has 18 heavy (non-hydrogen) atoms. The van der Waals surface area contributed by atoms with Gasteiger partial charge in [0.1, 0.15) is 11.4 Å². The van der Waals surface area contributed by atoms with Crippen molar-refractivity contribution in [3.8, 4) is 5.75 Å². The van der Waals surface area contributed by atoms with Crippen molar-refractivity contribution in [2.24, 2.45) is 5.92 Å². The fourth-order valence-electron chi connectivity index (χ4n) is 2.32. The van der Waals surface area contributed by atoms with Gasteiger partial charge in [-0.25, -0.2) is 4.79 Å². The van der Waals surface area contributed by atoms with Crippen molar-refractivity contribution >= 4 is 5.97 Å². The van der Waals surface area contributed by atoms with E-state index in [4.69, 9.17) is 9.47 Å². The predicted molar refractivity (Wildman–Crippen MR) is 66.2 cm³/mol. The summed E-state index contributed by atoms with van der Waals surface area (Å²) in [4.78, 5) is 11.9. The molecule has 98 valence electrons. The summed E-state index contributed by atoms with van der Waals surface area (Å²) in [6.07, 6.45) is -0.991. The van der Waals surface area contributed by atoms with Crippen LogP contribution in [0.25, 0.3) is 0 Å². The minimum absolute atomic E-state index is 0.157. The van der Waals surface area contributed by atoms with Gasteiger partial charge in [-0.1, -0.05) is 32.0 Å². The van der Waals surface area contributed by atoms with Crippen LogP contribution in [-0.4, -0.2) is 23.8 Å². The van der Waals surface area contributed by atoms with E-state index in [0.717, 1.165) is 0 Å². The Bertz CT molecular complexity index is 455. The number of ether oxygens (including phenoxy) is 2. The molecule has 0 radical (unpaired) electrons. The SMILES string of the molecule is CCOC(=O)[C@@H]1Oc2ccccc2[C@@]1(O)C(C)C. The highest BCUT2D eigenvalue weighted by Gasteiger charge is 2.54. The maximum atomic E-state index is 11.9. The van der Waals surface area contributed by atoms with Gasteiger partial charge in [0.05, 0.1) is 6.61 Å². The lowest BCUT2D eigenvalue weighted by Gasteiger charge is -2.31. The van der Waals surface area contributed by atoms with E-state index in [2.05, 4.69) is 0 Å². The molecule has 4 heteroatoms. The fourth-order valence-corrected chi connectivity index (χ4v) is 2.32. The molecule has 1 heterocycles. The second kappa shape index (κ2) is 4.61. The van der Waals surface area contributed by atoms with E-state index in [1.807, 2.05) is 26.0 Å². The number of fused-ring (bicyclic) bond motifs is 1. The highest BCUT2D eigenvalue weighted by Crippen LogP contribution is 2.46. The predicted octanol–water partition coefficient (Wildman–Crippen LogP) is 1.85. The van der Waals surface area contributed by atoms with Crippen LogP contribution in [0.3, 0.4) is 0 Å². The average molecular weight is 250 g/mol. The van der Waals surface area contributed by atoms with Gasteiger partial charge < -0.3 is 14.6 Å². The number of hydrogen-bond donors (Lipinski definition) is 1. The minimum atomic E-state index is -1.33. The first-order valence-electron chi connectivity index (χ1n) is 6.17. The quantitative estimate of drug-likeness (QED) is 0.832. The molecule has 0 aromatic heterocycles. The summed E-state index contributed by atoms with van der Waals surface area (Å²) in [5.41, 5.74) is -0.680. The number of benzene rings is 1. The zero-order valence-electron chi connectivity index (χ0n) is 10.8. The average Bonchev–Trinajstić information content (AvgIpc) is 2.65. The first-order valence-corrected chi connectivity index (χ1v) is 6.17. The molecule has 0 bridgehead atoms. The normalized spacial score (nSPS) is 25.7. The highest BCUT2D eigenvalue weighted by molar-refractivity contribution is 5.79. The van der Waals surface area contributed by atoms with Crippen LogP contribution < -0.4 is 4.74 Å². The molecule has 2 atom stereocenters. The third kappa shape index (κ3) is 1.77. The summed E-state index contributed by atoms with van der Waals surface area (Å²) in [5, 5.41) is 10.9. The Balaban J connectivity index is 2.44. The highest BCUT2D eigenvalue weighted by atomic mass is 16.6. The molecule has 1 aromatic rings. The zero-order valence-corrected chi connectivity index (χ0v) is 10.8. The van der Waals surface area contributed by atoms with Gasteiger partial charge in [0.15, 0.2) is 0 Å². The Morgan fingerprint density at radius 3 is 2.78 bits per heavy atom. The van der Waals surface area contributed by atoms with Crippen LogP contribution in [0.2, 0.25) is 0 Å². The lowest BCUT2D eigenvalue weighted by molar-refractivity contribution is -0.167. The van der Waals surface area contributed by atoms with Gasteiger partial charge in [0, 0.05) is 5.56 Å². The van der Waals surface area contributed by atoms with E-state index in [1.165, 1.54) is 0 Å². The van der Waals surface area contributed by atoms with Crippen LogP contribution in [0.4, 0.5) is 0 Å². The van der Waals surface area contributed by atoms with Crippen molar-refractivity contribution in [2.75, 3.05) is 6.61 Å². The number of rotatable bonds is 3. The summed E-state index contributed by atoms with van der Waals surface area (Å²) in [7, 11) is 0. The molecule has 1 aromatic carbocycles. The van der Waals surface area contributed by atoms with Gasteiger partial charge in [-0.05, 0) is 18.9 Å². The summed E-state index contributed by atoms with van der Waals surface area (Å²) < 4.78 is 10.6. The lowest BCUT2D eigenvalue weighted by atomic mass is 9.80. The largest absolute Gasteiger partial charge is 0.475 e. The molecular weight excluding hydrogens is 232 g/mol. The summed E-state index contributed by atoms with van der Waals surface area (Å²) >= 11 is 0. The molecule has 0 unspecified atom stereocenters. The molecule has 1 N–H and O–H groups in total. The Morgan fingerprint density at radius 2 is 2.17 bits per heavy atom. The van der Waals surface area contributed by atoms with Crippen LogP contribution in [0, 0.1) is 5.92 Å². The zero-order chi connectivity index (χ0) is 13.3. The fraction of sp³-hybridized carbons (Fsp3) is 0.500. The number of carbonyl (C=O) groups is 1. The third-order valence-electron chi connectivity index (χ3n) is 3.34. The third-order valence-corrected chi connectivity index (χ3v) is 3.34. The van der Waals surface area contributed by atoms with Crippen molar-refractivity contribution in [3.05, 3.63) is 29.8 Å². The molecule has 0 saturated carbocycles. The van der Waals surface area contributed by atoms with Gasteiger partial charge in [-0.3, -0.25) is 0 Å². The molecule has 2 rings (SSSR count). The lowest BCUT2D eigenvalue weighted by Crippen LogP contribution is -2.48. The van der Waals surface area contributed by atoms with Crippen LogP contribution in [0.15, 0.2) is 24.3 Å².